The van der Waals surface area contributed by atoms with E-state index >= 15 is 0 Å². The van der Waals surface area contributed by atoms with Gasteiger partial charge in [0.05, 0.1) is 10.5 Å². The number of hydrogen-bond acceptors (Lipinski definition) is 2. The molecule has 0 saturated carbocycles. The Morgan fingerprint density at radius 3 is 2.48 bits per heavy atom. The highest BCUT2D eigenvalue weighted by Gasteiger charge is 2.34. The first-order valence-corrected chi connectivity index (χ1v) is 8.36. The summed E-state index contributed by atoms with van der Waals surface area (Å²) < 4.78 is 65.2. The summed E-state index contributed by atoms with van der Waals surface area (Å²) in [5.74, 6) is 0.397. The van der Waals surface area contributed by atoms with Crippen LogP contribution >= 0.6 is 11.6 Å². The molecule has 1 unspecified atom stereocenters. The number of hydrogen-bond donors (Lipinski definition) is 1. The van der Waals surface area contributed by atoms with Crippen molar-refractivity contribution >= 4 is 21.6 Å². The quantitative estimate of drug-likeness (QED) is 0.800. The number of rotatable bonds is 6. The summed E-state index contributed by atoms with van der Waals surface area (Å²) in [6.07, 6.45) is -3.45. The van der Waals surface area contributed by atoms with Gasteiger partial charge in [-0.1, -0.05) is 6.07 Å². The summed E-state index contributed by atoms with van der Waals surface area (Å²) in [4.78, 5) is -0.352. The molecule has 3 nitrogen and oxygen atoms in total. The van der Waals surface area contributed by atoms with E-state index in [-0.39, 0.29) is 10.5 Å². The van der Waals surface area contributed by atoms with Gasteiger partial charge < -0.3 is 0 Å². The van der Waals surface area contributed by atoms with Crippen LogP contribution in [0.25, 0.3) is 0 Å². The van der Waals surface area contributed by atoms with E-state index in [2.05, 4.69) is 4.72 Å². The smallest absolute Gasteiger partial charge is 0.208 e. The molecule has 1 aromatic rings. The van der Waals surface area contributed by atoms with Crippen LogP contribution in [0.1, 0.15) is 30.9 Å². The summed E-state index contributed by atoms with van der Waals surface area (Å²) in [5.41, 5.74) is -1.25. The molecule has 0 heterocycles. The van der Waals surface area contributed by atoms with Crippen LogP contribution in [0.3, 0.4) is 0 Å². The van der Waals surface area contributed by atoms with E-state index in [0.29, 0.717) is 18.7 Å². The standard InChI is InChI=1S/C13H17ClF3NO2S/c1-9(5-4-8-14)18-21(19,20)12-7-3-6-11(10(12)2)13(15,16)17/h3,6-7,9,18H,4-5,8H2,1-2H3. The van der Waals surface area contributed by atoms with Crippen molar-refractivity contribution in [1.82, 2.24) is 4.72 Å². The van der Waals surface area contributed by atoms with Crippen LogP contribution in [0.5, 0.6) is 0 Å². The maximum Gasteiger partial charge on any atom is 0.416 e. The molecule has 21 heavy (non-hydrogen) atoms. The van der Waals surface area contributed by atoms with Crippen molar-refractivity contribution in [3.8, 4) is 0 Å². The van der Waals surface area contributed by atoms with Gasteiger partial charge in [0.25, 0.3) is 0 Å². The molecule has 1 N–H and O–H groups in total. The molecule has 8 heteroatoms. The van der Waals surface area contributed by atoms with E-state index < -0.39 is 27.8 Å². The van der Waals surface area contributed by atoms with Gasteiger partial charge in [0.15, 0.2) is 0 Å². The fraction of sp³-hybridized carbons (Fsp3) is 0.538. The third kappa shape index (κ3) is 4.86. The lowest BCUT2D eigenvalue weighted by atomic mass is 10.1. The molecule has 0 radical (unpaired) electrons. The first kappa shape index (κ1) is 18.3. The fourth-order valence-corrected chi connectivity index (χ4v) is 3.68. The second kappa shape index (κ2) is 6.98. The molecule has 1 aromatic carbocycles. The van der Waals surface area contributed by atoms with Gasteiger partial charge >= 0.3 is 6.18 Å². The van der Waals surface area contributed by atoms with Crippen LogP contribution in [-0.2, 0) is 16.2 Å². The molecule has 0 aliphatic rings. The topological polar surface area (TPSA) is 46.2 Å². The van der Waals surface area contributed by atoms with Gasteiger partial charge in [0.2, 0.25) is 10.0 Å². The number of sulfonamides is 1. The van der Waals surface area contributed by atoms with Gasteiger partial charge in [-0.25, -0.2) is 13.1 Å². The van der Waals surface area contributed by atoms with E-state index in [9.17, 15) is 21.6 Å². The average molecular weight is 344 g/mol. The molecule has 0 amide bonds. The molecule has 0 aliphatic heterocycles. The van der Waals surface area contributed by atoms with Crippen molar-refractivity contribution in [3.63, 3.8) is 0 Å². The number of nitrogens with one attached hydrogen (secondary N) is 1. The maximum absolute atomic E-state index is 12.8. The van der Waals surface area contributed by atoms with Gasteiger partial charge in [-0.3, -0.25) is 0 Å². The summed E-state index contributed by atoms with van der Waals surface area (Å²) in [5, 5.41) is 0. The van der Waals surface area contributed by atoms with E-state index in [1.165, 1.54) is 6.07 Å². The van der Waals surface area contributed by atoms with Crippen LogP contribution in [0, 0.1) is 6.92 Å². The van der Waals surface area contributed by atoms with E-state index in [1.807, 2.05) is 0 Å². The van der Waals surface area contributed by atoms with Crippen LogP contribution < -0.4 is 4.72 Å². The maximum atomic E-state index is 12.8. The molecular formula is C13H17ClF3NO2S. The van der Waals surface area contributed by atoms with Crippen molar-refractivity contribution in [3.05, 3.63) is 29.3 Å². The zero-order valence-electron chi connectivity index (χ0n) is 11.7. The van der Waals surface area contributed by atoms with Crippen molar-refractivity contribution < 1.29 is 21.6 Å². The largest absolute Gasteiger partial charge is 0.416 e. The third-order valence-electron chi connectivity index (χ3n) is 3.01. The first-order chi connectivity index (χ1) is 9.59. The minimum absolute atomic E-state index is 0.304. The highest BCUT2D eigenvalue weighted by atomic mass is 35.5. The van der Waals surface area contributed by atoms with Gasteiger partial charge in [-0.2, -0.15) is 13.2 Å². The Morgan fingerprint density at radius 1 is 1.33 bits per heavy atom. The predicted molar refractivity (Wildman–Crippen MR) is 75.9 cm³/mol. The lowest BCUT2D eigenvalue weighted by Gasteiger charge is -2.17. The van der Waals surface area contributed by atoms with Crippen molar-refractivity contribution in [2.75, 3.05) is 5.88 Å². The highest BCUT2D eigenvalue weighted by molar-refractivity contribution is 7.89. The molecule has 1 atom stereocenters. The van der Waals surface area contributed by atoms with Gasteiger partial charge in [-0.05, 0) is 44.4 Å². The van der Waals surface area contributed by atoms with Crippen LogP contribution in [-0.4, -0.2) is 20.3 Å². The Kier molecular flexibility index (Phi) is 6.07. The highest BCUT2D eigenvalue weighted by Crippen LogP contribution is 2.34. The molecule has 0 saturated heterocycles. The third-order valence-corrected chi connectivity index (χ3v) is 5.01. The lowest BCUT2D eigenvalue weighted by Crippen LogP contribution is -2.33. The molecule has 0 spiro atoms. The second-order valence-corrected chi connectivity index (χ2v) is 6.84. The number of halogens is 4. The van der Waals surface area contributed by atoms with E-state index in [1.54, 1.807) is 6.92 Å². The average Bonchev–Trinajstić information content (AvgIpc) is 2.34. The van der Waals surface area contributed by atoms with Gasteiger partial charge in [0, 0.05) is 11.9 Å². The zero-order chi connectivity index (χ0) is 16.3. The van der Waals surface area contributed by atoms with E-state index in [0.717, 1.165) is 19.1 Å². The summed E-state index contributed by atoms with van der Waals surface area (Å²) in [6.45, 7) is 2.80. The lowest BCUT2D eigenvalue weighted by molar-refractivity contribution is -0.138. The minimum atomic E-state index is -4.58. The van der Waals surface area contributed by atoms with Crippen molar-refractivity contribution in [2.24, 2.45) is 0 Å². The Hall–Kier alpha value is -0.790. The number of alkyl halides is 4. The molecule has 0 aliphatic carbocycles. The Bertz CT molecular complexity index is 588. The summed E-state index contributed by atoms with van der Waals surface area (Å²) in [6, 6.07) is 2.72. The van der Waals surface area contributed by atoms with E-state index in [4.69, 9.17) is 11.6 Å². The Labute approximate surface area is 127 Å². The second-order valence-electron chi connectivity index (χ2n) is 4.78. The summed E-state index contributed by atoms with van der Waals surface area (Å²) >= 11 is 5.53. The van der Waals surface area contributed by atoms with Crippen LogP contribution in [0.4, 0.5) is 13.2 Å². The Morgan fingerprint density at radius 2 is 1.95 bits per heavy atom. The molecule has 1 rings (SSSR count). The SMILES string of the molecule is Cc1c(C(F)(F)F)cccc1S(=O)(=O)NC(C)CCCCl. The first-order valence-electron chi connectivity index (χ1n) is 6.34. The van der Waals surface area contributed by atoms with Crippen LogP contribution in [0.15, 0.2) is 23.1 Å². The molecule has 120 valence electrons. The number of benzene rings is 1. The fourth-order valence-electron chi connectivity index (χ4n) is 1.98. The normalized spacial score (nSPS) is 14.2. The molecule has 0 fully saturated rings. The van der Waals surface area contributed by atoms with Gasteiger partial charge in [0.1, 0.15) is 0 Å². The molecular weight excluding hydrogens is 327 g/mol. The Balaban J connectivity index is 3.10. The monoisotopic (exact) mass is 343 g/mol. The predicted octanol–water partition coefficient (Wildman–Crippen LogP) is 3.70. The van der Waals surface area contributed by atoms with Crippen molar-refractivity contribution in [1.29, 1.82) is 0 Å². The molecule has 0 bridgehead atoms. The van der Waals surface area contributed by atoms with Gasteiger partial charge in [-0.15, -0.1) is 11.6 Å². The minimum Gasteiger partial charge on any atom is -0.208 e. The zero-order valence-corrected chi connectivity index (χ0v) is 13.2. The molecule has 0 aromatic heterocycles. The van der Waals surface area contributed by atoms with Crippen molar-refractivity contribution in [2.45, 2.75) is 43.8 Å². The summed E-state index contributed by atoms with van der Waals surface area (Å²) in [7, 11) is -4.00. The van der Waals surface area contributed by atoms with Crippen LogP contribution in [0.2, 0.25) is 0 Å².